The van der Waals surface area contributed by atoms with E-state index in [1.807, 2.05) is 6.07 Å². The SMILES string of the molecule is Brc1c2ccccc2c(-c2ccccc2)c2ccccc12.C.CC1(C)OB(c2ccc(-c3ccccc3)c3ccccc23)OC1(C)C.N.PP(P)P(P)P.c1ccc(-c2ccc(-c3c4ccccc4c(-c4ccccc4)c4ccccc34)c3ccccc23)cc1. The van der Waals surface area contributed by atoms with Gasteiger partial charge in [-0.2, -0.15) is 0 Å². The summed E-state index contributed by atoms with van der Waals surface area (Å²) in [4.78, 5) is 0. The van der Waals surface area contributed by atoms with Gasteiger partial charge in [0.2, 0.25) is 0 Å². The molecule has 1 aliphatic rings. The summed E-state index contributed by atoms with van der Waals surface area (Å²) in [6, 6.07) is 104. The van der Waals surface area contributed by atoms with Gasteiger partial charge in [-0.3, -0.25) is 0 Å². The maximum absolute atomic E-state index is 6.28. The zero-order valence-electron chi connectivity index (χ0n) is 50.4. The molecule has 4 unspecified atom stereocenters. The molecular weight excluding hydrogens is 1270 g/mol. The monoisotopic (exact) mass is 1350 g/mol. The Balaban J connectivity index is 0.000000145. The van der Waals surface area contributed by atoms with Gasteiger partial charge in [-0.1, -0.05) is 299 Å². The molecule has 1 heterocycles. The molecule has 90 heavy (non-hydrogen) atoms. The van der Waals surface area contributed by atoms with Crippen molar-refractivity contribution in [2.24, 2.45) is 0 Å². The van der Waals surface area contributed by atoms with Crippen LogP contribution in [0.5, 0.6) is 0 Å². The minimum Gasteiger partial charge on any atom is -0.399 e. The summed E-state index contributed by atoms with van der Waals surface area (Å²) in [6.45, 7) is 8.69. The largest absolute Gasteiger partial charge is 0.495 e. The van der Waals surface area contributed by atoms with Crippen molar-refractivity contribution in [3.8, 4) is 55.6 Å². The summed E-state index contributed by atoms with van der Waals surface area (Å²) < 4.78 is 13.7. The highest BCUT2D eigenvalue weighted by Gasteiger charge is 2.52. The van der Waals surface area contributed by atoms with Crippen molar-refractivity contribution in [2.75, 3.05) is 0 Å². The molecule has 0 aromatic heterocycles. The smallest absolute Gasteiger partial charge is 0.399 e. The van der Waals surface area contributed by atoms with Crippen LogP contribution >= 0.6 is 65.6 Å². The van der Waals surface area contributed by atoms with Gasteiger partial charge in [0, 0.05) is 4.47 Å². The first kappa shape index (κ1) is 66.6. The van der Waals surface area contributed by atoms with Gasteiger partial charge in [0.05, 0.1) is 11.2 Å². The van der Waals surface area contributed by atoms with Crippen LogP contribution in [-0.4, -0.2) is 18.3 Å². The Morgan fingerprint density at radius 3 is 0.889 bits per heavy atom. The van der Waals surface area contributed by atoms with Crippen molar-refractivity contribution in [3.05, 3.63) is 296 Å². The summed E-state index contributed by atoms with van der Waals surface area (Å²) >= 11 is 3.79. The van der Waals surface area contributed by atoms with E-state index >= 15 is 0 Å². The highest BCUT2D eigenvalue weighted by Crippen LogP contribution is 2.86. The second-order valence-corrected chi connectivity index (χ2v) is 43.4. The molecule has 1 fully saturated rings. The fourth-order valence-corrected chi connectivity index (χ4v) is 12.8. The van der Waals surface area contributed by atoms with E-state index in [0.717, 1.165) is 5.46 Å². The Morgan fingerprint density at radius 1 is 0.289 bits per heavy atom. The van der Waals surface area contributed by atoms with Crippen molar-refractivity contribution in [2.45, 2.75) is 46.3 Å². The van der Waals surface area contributed by atoms with Crippen LogP contribution in [0.3, 0.4) is 0 Å². The van der Waals surface area contributed by atoms with Crippen molar-refractivity contribution < 1.29 is 9.31 Å². The number of benzene rings is 14. The van der Waals surface area contributed by atoms with E-state index in [2.05, 4.69) is 364 Å². The van der Waals surface area contributed by atoms with Gasteiger partial charge in [0.1, 0.15) is 0 Å². The molecule has 0 bridgehead atoms. The van der Waals surface area contributed by atoms with Crippen molar-refractivity contribution in [3.63, 3.8) is 0 Å². The van der Waals surface area contributed by atoms with E-state index < -0.39 is 0 Å². The molecular formula is C79H75BBrNO2P6. The first-order valence-electron chi connectivity index (χ1n) is 29.5. The van der Waals surface area contributed by atoms with Gasteiger partial charge in [-0.25, -0.2) is 0 Å². The molecule has 14 aromatic carbocycles. The van der Waals surface area contributed by atoms with Crippen LogP contribution in [0, 0.1) is 0 Å². The summed E-state index contributed by atoms with van der Waals surface area (Å²) in [7, 11) is 10.8. The topological polar surface area (TPSA) is 53.5 Å². The van der Waals surface area contributed by atoms with Crippen LogP contribution in [0.1, 0.15) is 35.1 Å². The van der Waals surface area contributed by atoms with E-state index in [9.17, 15) is 0 Å². The summed E-state index contributed by atoms with van der Waals surface area (Å²) in [5, 5.41) is 15.2. The van der Waals surface area contributed by atoms with Gasteiger partial charge in [0.25, 0.3) is 0 Å². The Hall–Kier alpha value is -6.36. The number of hydrogen-bond donors (Lipinski definition) is 1. The lowest BCUT2D eigenvalue weighted by Crippen LogP contribution is -2.41. The van der Waals surface area contributed by atoms with Crippen LogP contribution in [0.4, 0.5) is 0 Å². The fourth-order valence-electron chi connectivity index (χ4n) is 12.1. The molecule has 0 spiro atoms. The normalized spacial score (nSPS) is 13.0. The number of fused-ring (bicyclic) bond motifs is 6. The van der Waals surface area contributed by atoms with Crippen LogP contribution in [-0.2, 0) is 9.31 Å². The third-order valence-corrected chi connectivity index (χ3v) is 39.2. The Morgan fingerprint density at radius 2 is 0.533 bits per heavy atom. The fraction of sp³-hybridized carbons (Fsp3) is 0.0886. The number of rotatable bonds is 7. The molecule has 0 amide bonds. The quantitative estimate of drug-likeness (QED) is 0.0983. The summed E-state index contributed by atoms with van der Waals surface area (Å²) in [5.74, 6) is 0. The first-order valence-corrected chi connectivity index (χ1v) is 40.2. The van der Waals surface area contributed by atoms with Crippen molar-refractivity contribution in [1.82, 2.24) is 6.15 Å². The minimum absolute atomic E-state index is 0. The maximum atomic E-state index is 6.28. The van der Waals surface area contributed by atoms with Gasteiger partial charge in [0.15, 0.2) is 0 Å². The Labute approximate surface area is 551 Å². The lowest BCUT2D eigenvalue weighted by Gasteiger charge is -2.32. The highest BCUT2D eigenvalue weighted by molar-refractivity contribution is 9.10. The predicted octanol–water partition coefficient (Wildman–Crippen LogP) is 25.2. The van der Waals surface area contributed by atoms with Gasteiger partial charge >= 0.3 is 7.12 Å². The standard InChI is InChI=1S/C36H24.C22H23BO2.C20H13Br.CH4.H3N.H8P6/c1-3-13-25(14-4-1)27-23-24-34(29-18-8-7-17-28(27)29)36-32-21-11-9-19-30(32)35(26-15-5-2-6-16-26)31-20-10-12-22-33(31)36;1-21(2)22(3,4)25-23(24-21)20-15-14-17(16-10-6-5-7-11-16)18-12-8-9-13-19(18)20;21-20-17-12-6-4-10-15(17)19(14-8-2-1-3-9-14)16-11-5-7-13-18(16)20;;;1-5(2)6(3)4/h1-24H;5-15H,1-4H3;1-13H;1H4;1H3;1-4H2. The molecule has 0 radical (unpaired) electrons. The molecule has 1 aliphatic heterocycles. The van der Waals surface area contributed by atoms with Gasteiger partial charge in [-0.15, -0.1) is 35.7 Å². The third-order valence-electron chi connectivity index (χ3n) is 17.0. The van der Waals surface area contributed by atoms with Gasteiger partial charge in [-0.05, 0) is 183 Å². The molecule has 4 atom stereocenters. The lowest BCUT2D eigenvalue weighted by atomic mass is 9.75. The molecule has 3 nitrogen and oxygen atoms in total. The van der Waals surface area contributed by atoms with Crippen molar-refractivity contribution in [1.29, 1.82) is 0 Å². The van der Waals surface area contributed by atoms with Crippen LogP contribution in [0.25, 0.3) is 120 Å². The lowest BCUT2D eigenvalue weighted by molar-refractivity contribution is 0.00578. The molecule has 3 N–H and O–H groups in total. The van der Waals surface area contributed by atoms with Crippen LogP contribution in [0.2, 0.25) is 0 Å². The maximum Gasteiger partial charge on any atom is 0.495 e. The van der Waals surface area contributed by atoms with E-state index in [4.69, 9.17) is 9.31 Å². The average molecular weight is 1350 g/mol. The zero-order valence-corrected chi connectivity index (χ0v) is 58.4. The highest BCUT2D eigenvalue weighted by atomic mass is 79.9. The third kappa shape index (κ3) is 13.7. The zero-order chi connectivity index (χ0) is 60.9. The Kier molecular flexibility index (Phi) is 21.8. The summed E-state index contributed by atoms with van der Waals surface area (Å²) in [5.41, 5.74) is 13.1. The molecule has 14 aromatic rings. The van der Waals surface area contributed by atoms with E-state index in [1.165, 1.54) is 125 Å². The first-order chi connectivity index (χ1) is 42.8. The number of hydrogen-bond acceptors (Lipinski definition) is 3. The average Bonchev–Trinajstić information content (AvgIpc) is 1.12. The van der Waals surface area contributed by atoms with Crippen LogP contribution in [0.15, 0.2) is 296 Å². The summed E-state index contributed by atoms with van der Waals surface area (Å²) in [6.07, 6.45) is 0. The molecule has 15 rings (SSSR count). The molecule has 1 saturated heterocycles. The second kappa shape index (κ2) is 29.5. The molecule has 0 aliphatic carbocycles. The van der Waals surface area contributed by atoms with E-state index in [1.54, 1.807) is 0 Å². The second-order valence-electron chi connectivity index (χ2n) is 22.9. The number of halogens is 1. The predicted molar refractivity (Wildman–Crippen MR) is 419 cm³/mol. The Bertz CT molecular complexity index is 4650. The molecule has 0 saturated carbocycles. The minimum atomic E-state index is -0.347. The van der Waals surface area contributed by atoms with E-state index in [0.29, 0.717) is 0 Å². The van der Waals surface area contributed by atoms with Gasteiger partial charge < -0.3 is 15.5 Å². The molecule has 448 valence electrons. The molecule has 11 heteroatoms. The van der Waals surface area contributed by atoms with Crippen LogP contribution < -0.4 is 11.6 Å². The van der Waals surface area contributed by atoms with Crippen molar-refractivity contribution >= 4 is 143 Å². The van der Waals surface area contributed by atoms with E-state index in [-0.39, 0.29) is 45.9 Å².